The van der Waals surface area contributed by atoms with Gasteiger partial charge >= 0.3 is 0 Å². The lowest BCUT2D eigenvalue weighted by Gasteiger charge is -2.00. The minimum absolute atomic E-state index is 0.118. The van der Waals surface area contributed by atoms with Gasteiger partial charge in [0.25, 0.3) is 0 Å². The second-order valence-electron chi connectivity index (χ2n) is 3.55. The maximum absolute atomic E-state index is 12.9. The van der Waals surface area contributed by atoms with Crippen LogP contribution in [-0.2, 0) is 13.5 Å². The monoisotopic (exact) mass is 256 g/mol. The molecule has 0 bridgehead atoms. The number of carbonyl (C=O) groups is 1. The fraction of sp³-hybridized carbons (Fsp3) is 0.200. The molecule has 94 valence electrons. The Morgan fingerprint density at radius 2 is 1.89 bits per heavy atom. The first-order valence-electron chi connectivity index (χ1n) is 4.88. The highest BCUT2D eigenvalue weighted by atomic mass is 19.2. The minimum Gasteiger partial charge on any atom is -0.294 e. The first kappa shape index (κ1) is 12.2. The average molecular weight is 256 g/mol. The van der Waals surface area contributed by atoms with Gasteiger partial charge in [-0.3, -0.25) is 4.79 Å². The van der Waals surface area contributed by atoms with Gasteiger partial charge in [0.1, 0.15) is 0 Å². The van der Waals surface area contributed by atoms with E-state index in [0.717, 1.165) is 4.80 Å². The Balaban J connectivity index is 2.24. The molecule has 18 heavy (non-hydrogen) atoms. The third-order valence-electron chi connectivity index (χ3n) is 2.17. The summed E-state index contributed by atoms with van der Waals surface area (Å²) in [5.74, 6) is -4.94. The Labute approximate surface area is 99.2 Å². The fourth-order valence-corrected chi connectivity index (χ4v) is 1.36. The highest BCUT2D eigenvalue weighted by Crippen LogP contribution is 2.14. The van der Waals surface area contributed by atoms with Crippen LogP contribution in [0.25, 0.3) is 0 Å². The quantitative estimate of drug-likeness (QED) is 0.608. The van der Waals surface area contributed by atoms with Crippen LogP contribution in [0.2, 0.25) is 0 Å². The minimum atomic E-state index is -1.61. The highest BCUT2D eigenvalue weighted by molar-refractivity contribution is 5.97. The first-order chi connectivity index (χ1) is 8.47. The van der Waals surface area contributed by atoms with Crippen molar-refractivity contribution in [2.45, 2.75) is 6.42 Å². The molecule has 0 spiro atoms. The average Bonchev–Trinajstić information content (AvgIpc) is 2.71. The van der Waals surface area contributed by atoms with Crippen molar-refractivity contribution in [1.82, 2.24) is 20.2 Å². The van der Waals surface area contributed by atoms with Crippen molar-refractivity contribution in [3.63, 3.8) is 0 Å². The third-order valence-corrected chi connectivity index (χ3v) is 2.17. The normalized spacial score (nSPS) is 10.7. The summed E-state index contributed by atoms with van der Waals surface area (Å²) in [4.78, 5) is 12.8. The second kappa shape index (κ2) is 4.55. The molecule has 0 aliphatic rings. The zero-order valence-electron chi connectivity index (χ0n) is 9.19. The number of aromatic nitrogens is 4. The number of carbonyl (C=O) groups excluding carboxylic acids is 1. The van der Waals surface area contributed by atoms with E-state index >= 15 is 0 Å². The molecule has 2 rings (SSSR count). The maximum atomic E-state index is 12.9. The van der Waals surface area contributed by atoms with Gasteiger partial charge in [-0.2, -0.15) is 4.80 Å². The summed E-state index contributed by atoms with van der Waals surface area (Å²) in [7, 11) is 1.51. The van der Waals surface area contributed by atoms with Crippen LogP contribution < -0.4 is 0 Å². The van der Waals surface area contributed by atoms with Crippen molar-refractivity contribution in [2.75, 3.05) is 0 Å². The van der Waals surface area contributed by atoms with Crippen molar-refractivity contribution < 1.29 is 18.0 Å². The molecule has 0 aliphatic carbocycles. The van der Waals surface area contributed by atoms with Gasteiger partial charge < -0.3 is 0 Å². The summed E-state index contributed by atoms with van der Waals surface area (Å²) in [6.07, 6.45) is -0.266. The zero-order chi connectivity index (χ0) is 13.3. The molecular weight excluding hydrogens is 249 g/mol. The van der Waals surface area contributed by atoms with Crippen molar-refractivity contribution in [3.8, 4) is 0 Å². The molecule has 8 heteroatoms. The molecule has 2 aromatic rings. The first-order valence-corrected chi connectivity index (χ1v) is 4.88. The number of ketones is 1. The number of nitrogens with zero attached hydrogens (tertiary/aromatic N) is 4. The van der Waals surface area contributed by atoms with Crippen molar-refractivity contribution >= 4 is 5.78 Å². The summed E-state index contributed by atoms with van der Waals surface area (Å²) in [6, 6.07) is 1.27. The summed E-state index contributed by atoms with van der Waals surface area (Å²) in [5, 5.41) is 10.8. The van der Waals surface area contributed by atoms with Crippen LogP contribution >= 0.6 is 0 Å². The Bertz CT molecular complexity index is 588. The van der Waals surface area contributed by atoms with Crippen LogP contribution in [0.5, 0.6) is 0 Å². The van der Waals surface area contributed by atoms with Crippen LogP contribution in [0.1, 0.15) is 16.2 Å². The summed E-state index contributed by atoms with van der Waals surface area (Å²) in [6.45, 7) is 0. The molecule has 1 aromatic heterocycles. The van der Waals surface area contributed by atoms with E-state index in [-0.39, 0.29) is 17.8 Å². The predicted octanol–water partition coefficient (Wildman–Crippen LogP) is 1.05. The van der Waals surface area contributed by atoms with Crippen molar-refractivity contribution in [3.05, 3.63) is 41.0 Å². The molecule has 0 atom stereocenters. The van der Waals surface area contributed by atoms with E-state index < -0.39 is 23.2 Å². The zero-order valence-corrected chi connectivity index (χ0v) is 9.19. The van der Waals surface area contributed by atoms with Gasteiger partial charge in [-0.25, -0.2) is 13.2 Å². The molecule has 0 radical (unpaired) electrons. The van der Waals surface area contributed by atoms with Crippen molar-refractivity contribution in [2.24, 2.45) is 7.05 Å². The number of hydrogen-bond acceptors (Lipinski definition) is 4. The number of halogens is 3. The van der Waals surface area contributed by atoms with Crippen LogP contribution in [0.3, 0.4) is 0 Å². The lowest BCUT2D eigenvalue weighted by molar-refractivity contribution is 0.0989. The van der Waals surface area contributed by atoms with E-state index in [0.29, 0.717) is 12.1 Å². The van der Waals surface area contributed by atoms with Crippen LogP contribution in [-0.4, -0.2) is 26.0 Å². The van der Waals surface area contributed by atoms with Crippen molar-refractivity contribution in [1.29, 1.82) is 0 Å². The maximum Gasteiger partial charge on any atom is 0.194 e. The van der Waals surface area contributed by atoms with Crippen LogP contribution in [0.4, 0.5) is 13.2 Å². The molecule has 0 saturated carbocycles. The van der Waals surface area contributed by atoms with Gasteiger partial charge in [0, 0.05) is 5.56 Å². The summed E-state index contributed by atoms with van der Waals surface area (Å²) >= 11 is 0. The Hall–Kier alpha value is -2.25. The topological polar surface area (TPSA) is 60.7 Å². The largest absolute Gasteiger partial charge is 0.294 e. The lowest BCUT2D eigenvalue weighted by atomic mass is 10.1. The highest BCUT2D eigenvalue weighted by Gasteiger charge is 2.16. The van der Waals surface area contributed by atoms with Gasteiger partial charge in [-0.05, 0) is 17.3 Å². The Morgan fingerprint density at radius 3 is 2.39 bits per heavy atom. The molecule has 0 saturated heterocycles. The molecule has 0 N–H and O–H groups in total. The molecule has 0 unspecified atom stereocenters. The molecule has 5 nitrogen and oxygen atoms in total. The van der Waals surface area contributed by atoms with Crippen LogP contribution in [0.15, 0.2) is 12.1 Å². The van der Waals surface area contributed by atoms with Gasteiger partial charge in [0.15, 0.2) is 29.1 Å². The second-order valence-corrected chi connectivity index (χ2v) is 3.55. The number of benzene rings is 1. The number of Topliss-reactive ketones (excluding diaryl/α,β-unsaturated/α-hetero) is 1. The Kier molecular flexibility index (Phi) is 3.09. The Morgan fingerprint density at radius 1 is 1.28 bits per heavy atom. The van der Waals surface area contributed by atoms with E-state index in [1.165, 1.54) is 7.05 Å². The summed E-state index contributed by atoms with van der Waals surface area (Å²) < 4.78 is 38.6. The molecule has 1 aromatic carbocycles. The third kappa shape index (κ3) is 2.36. The van der Waals surface area contributed by atoms with Gasteiger partial charge in [0.05, 0.1) is 13.5 Å². The SMILES string of the molecule is Cn1nnc(CC(=O)c2cc(F)c(F)c(F)c2)n1. The van der Waals surface area contributed by atoms with Gasteiger partial charge in [-0.1, -0.05) is 0 Å². The van der Waals surface area contributed by atoms with E-state index in [2.05, 4.69) is 15.4 Å². The predicted molar refractivity (Wildman–Crippen MR) is 53.1 cm³/mol. The molecule has 0 aliphatic heterocycles. The van der Waals surface area contributed by atoms with E-state index in [4.69, 9.17) is 0 Å². The molecular formula is C10H7F3N4O. The number of rotatable bonds is 3. The fourth-order valence-electron chi connectivity index (χ4n) is 1.36. The number of hydrogen-bond donors (Lipinski definition) is 0. The van der Waals surface area contributed by atoms with Gasteiger partial charge in [-0.15, -0.1) is 10.2 Å². The number of aryl methyl sites for hydroxylation is 1. The lowest BCUT2D eigenvalue weighted by Crippen LogP contribution is -2.07. The molecule has 0 amide bonds. The smallest absolute Gasteiger partial charge is 0.194 e. The van der Waals surface area contributed by atoms with Gasteiger partial charge in [0.2, 0.25) is 0 Å². The standard InChI is InChI=1S/C10H7F3N4O/c1-17-15-9(14-16-17)4-8(18)5-2-6(11)10(13)7(12)3-5/h2-3H,4H2,1H3. The van der Waals surface area contributed by atoms with Crippen LogP contribution in [0, 0.1) is 17.5 Å². The summed E-state index contributed by atoms with van der Waals surface area (Å²) in [5.41, 5.74) is -0.279. The number of tetrazole rings is 1. The van der Waals surface area contributed by atoms with E-state index in [1.807, 2.05) is 0 Å². The molecule has 0 fully saturated rings. The van der Waals surface area contributed by atoms with E-state index in [9.17, 15) is 18.0 Å². The van der Waals surface area contributed by atoms with E-state index in [1.54, 1.807) is 0 Å². The molecule has 1 heterocycles.